The monoisotopic (exact) mass is 362 g/mol. The van der Waals surface area contributed by atoms with Crippen LogP contribution in [0.25, 0.3) is 11.1 Å². The highest BCUT2D eigenvalue weighted by molar-refractivity contribution is 5.83. The minimum absolute atomic E-state index is 0.203. The van der Waals surface area contributed by atoms with Crippen molar-refractivity contribution in [1.29, 1.82) is 0 Å². The van der Waals surface area contributed by atoms with Crippen LogP contribution in [-0.4, -0.2) is 12.4 Å². The largest absolute Gasteiger partial charge is 0.207 e. The van der Waals surface area contributed by atoms with Crippen LogP contribution in [0, 0.1) is 11.6 Å². The maximum Gasteiger partial charge on any atom is 0.131 e. The van der Waals surface area contributed by atoms with E-state index in [-0.39, 0.29) is 11.6 Å². The zero-order valence-electron chi connectivity index (χ0n) is 15.1. The molecule has 4 heteroatoms. The molecule has 0 atom stereocenters. The van der Waals surface area contributed by atoms with Crippen molar-refractivity contribution in [3.63, 3.8) is 0 Å². The van der Waals surface area contributed by atoms with Gasteiger partial charge in [-0.1, -0.05) is 61.9 Å². The number of hydrogen-bond donors (Lipinski definition) is 0. The molecule has 136 valence electrons. The molecule has 0 radical (unpaired) electrons. The van der Waals surface area contributed by atoms with Crippen molar-refractivity contribution in [2.45, 2.75) is 19.8 Å². The number of hydrogen-bond acceptors (Lipinski definition) is 2. The molecule has 3 aromatic rings. The van der Waals surface area contributed by atoms with Crippen molar-refractivity contribution in [3.05, 3.63) is 95.1 Å². The first-order chi connectivity index (χ1) is 13.2. The fraction of sp³-hybridized carbons (Fsp3) is 0.130. The highest BCUT2D eigenvalue weighted by Gasteiger charge is 2.06. The molecule has 0 fully saturated rings. The normalized spacial score (nSPS) is 11.5. The van der Waals surface area contributed by atoms with E-state index in [0.717, 1.165) is 35.1 Å². The maximum absolute atomic E-state index is 14.3. The molecule has 0 heterocycles. The first kappa shape index (κ1) is 18.6. The fourth-order valence-electron chi connectivity index (χ4n) is 2.73. The van der Waals surface area contributed by atoms with Crippen molar-refractivity contribution in [1.82, 2.24) is 0 Å². The SMILES string of the molecule is CCCc1ccc(-c2ccc(C=NN=Cc3ccc(F)cc3)cc2)c(F)c1. The summed E-state index contributed by atoms with van der Waals surface area (Å²) in [5.74, 6) is -0.488. The Labute approximate surface area is 157 Å². The second-order valence-corrected chi connectivity index (χ2v) is 6.23. The van der Waals surface area contributed by atoms with Crippen LogP contribution < -0.4 is 0 Å². The minimum atomic E-state index is -0.285. The lowest BCUT2D eigenvalue weighted by atomic mass is 10.0. The van der Waals surface area contributed by atoms with Crippen molar-refractivity contribution < 1.29 is 8.78 Å². The van der Waals surface area contributed by atoms with E-state index in [1.807, 2.05) is 36.4 Å². The summed E-state index contributed by atoms with van der Waals surface area (Å²) in [5.41, 5.74) is 4.06. The Hall–Kier alpha value is -3.14. The highest BCUT2D eigenvalue weighted by Crippen LogP contribution is 2.24. The lowest BCUT2D eigenvalue weighted by Gasteiger charge is -2.06. The number of halogens is 2. The topological polar surface area (TPSA) is 24.7 Å². The molecule has 3 rings (SSSR count). The Balaban J connectivity index is 1.67. The molecule has 0 spiro atoms. The Morgan fingerprint density at radius 1 is 0.778 bits per heavy atom. The van der Waals surface area contributed by atoms with Crippen molar-refractivity contribution >= 4 is 12.4 Å². The standard InChI is InChI=1S/C23H20F2N2/c1-2-3-17-8-13-22(23(25)14-17)20-9-4-18(5-10-20)15-26-27-16-19-6-11-21(24)12-7-19/h4-16H,2-3H2,1H3. The molecule has 0 N–H and O–H groups in total. The van der Waals surface area contributed by atoms with Crippen molar-refractivity contribution in [2.24, 2.45) is 10.2 Å². The van der Waals surface area contributed by atoms with Gasteiger partial charge in [-0.15, -0.1) is 0 Å². The second kappa shape index (κ2) is 8.99. The van der Waals surface area contributed by atoms with Gasteiger partial charge in [-0.25, -0.2) is 8.78 Å². The van der Waals surface area contributed by atoms with Gasteiger partial charge >= 0.3 is 0 Å². The summed E-state index contributed by atoms with van der Waals surface area (Å²) < 4.78 is 27.2. The molecular weight excluding hydrogens is 342 g/mol. The third kappa shape index (κ3) is 5.17. The summed E-state index contributed by atoms with van der Waals surface area (Å²) in [4.78, 5) is 0. The molecule has 0 amide bonds. The first-order valence-corrected chi connectivity index (χ1v) is 8.86. The number of aryl methyl sites for hydroxylation is 1. The fourth-order valence-corrected chi connectivity index (χ4v) is 2.73. The Morgan fingerprint density at radius 2 is 1.37 bits per heavy atom. The van der Waals surface area contributed by atoms with Crippen LogP contribution in [0.15, 0.2) is 76.9 Å². The summed E-state index contributed by atoms with van der Waals surface area (Å²) in [7, 11) is 0. The van der Waals surface area contributed by atoms with Gasteiger partial charge in [0.1, 0.15) is 11.6 Å². The molecule has 0 aliphatic heterocycles. The van der Waals surface area contributed by atoms with Crippen LogP contribution in [0.4, 0.5) is 8.78 Å². The highest BCUT2D eigenvalue weighted by atomic mass is 19.1. The lowest BCUT2D eigenvalue weighted by Crippen LogP contribution is -1.90. The van der Waals surface area contributed by atoms with Crippen LogP contribution in [-0.2, 0) is 6.42 Å². The molecule has 0 saturated carbocycles. The third-order valence-electron chi connectivity index (χ3n) is 4.14. The maximum atomic E-state index is 14.3. The summed E-state index contributed by atoms with van der Waals surface area (Å²) in [6, 6.07) is 18.9. The summed E-state index contributed by atoms with van der Waals surface area (Å²) in [6.07, 6.45) is 5.05. The van der Waals surface area contributed by atoms with E-state index in [1.54, 1.807) is 30.6 Å². The zero-order valence-corrected chi connectivity index (χ0v) is 15.1. The number of rotatable bonds is 6. The Morgan fingerprint density at radius 3 is 1.93 bits per heavy atom. The lowest BCUT2D eigenvalue weighted by molar-refractivity contribution is 0.627. The van der Waals surface area contributed by atoms with Crippen molar-refractivity contribution in [3.8, 4) is 11.1 Å². The van der Waals surface area contributed by atoms with Gasteiger partial charge in [-0.2, -0.15) is 10.2 Å². The average Bonchev–Trinajstić information content (AvgIpc) is 2.68. The van der Waals surface area contributed by atoms with Gasteiger partial charge in [0.05, 0.1) is 12.4 Å². The molecule has 0 bridgehead atoms. The molecule has 3 aromatic carbocycles. The Kier molecular flexibility index (Phi) is 6.21. The van der Waals surface area contributed by atoms with Gasteiger partial charge in [0, 0.05) is 5.56 Å². The molecule has 0 saturated heterocycles. The van der Waals surface area contributed by atoms with Crippen LogP contribution in [0.1, 0.15) is 30.0 Å². The molecule has 27 heavy (non-hydrogen) atoms. The van der Waals surface area contributed by atoms with Gasteiger partial charge in [-0.3, -0.25) is 0 Å². The van der Waals surface area contributed by atoms with E-state index in [2.05, 4.69) is 17.1 Å². The van der Waals surface area contributed by atoms with E-state index in [9.17, 15) is 8.78 Å². The molecule has 0 unspecified atom stereocenters. The zero-order chi connectivity index (χ0) is 19.1. The van der Waals surface area contributed by atoms with E-state index < -0.39 is 0 Å². The number of nitrogens with zero attached hydrogens (tertiary/aromatic N) is 2. The van der Waals surface area contributed by atoms with Gasteiger partial charge in [0.15, 0.2) is 0 Å². The molecule has 2 nitrogen and oxygen atoms in total. The quantitative estimate of drug-likeness (QED) is 0.377. The van der Waals surface area contributed by atoms with Crippen LogP contribution in [0.3, 0.4) is 0 Å². The summed E-state index contributed by atoms with van der Waals surface area (Å²) >= 11 is 0. The molecule has 0 aromatic heterocycles. The van der Waals surface area contributed by atoms with Crippen molar-refractivity contribution in [2.75, 3.05) is 0 Å². The van der Waals surface area contributed by atoms with Gasteiger partial charge in [0.2, 0.25) is 0 Å². The van der Waals surface area contributed by atoms with Gasteiger partial charge in [0.25, 0.3) is 0 Å². The van der Waals surface area contributed by atoms with Crippen LogP contribution in [0.5, 0.6) is 0 Å². The van der Waals surface area contributed by atoms with E-state index in [4.69, 9.17) is 0 Å². The van der Waals surface area contributed by atoms with E-state index in [0.29, 0.717) is 5.56 Å². The average molecular weight is 362 g/mol. The van der Waals surface area contributed by atoms with Crippen LogP contribution in [0.2, 0.25) is 0 Å². The van der Waals surface area contributed by atoms with Crippen LogP contribution >= 0.6 is 0 Å². The van der Waals surface area contributed by atoms with Gasteiger partial charge in [-0.05, 0) is 46.9 Å². The smallest absolute Gasteiger partial charge is 0.131 e. The first-order valence-electron chi connectivity index (χ1n) is 8.86. The summed E-state index contributed by atoms with van der Waals surface area (Å²) in [5, 5.41) is 7.94. The predicted molar refractivity (Wildman–Crippen MR) is 107 cm³/mol. The van der Waals surface area contributed by atoms with E-state index >= 15 is 0 Å². The molecular formula is C23H20F2N2. The second-order valence-electron chi connectivity index (χ2n) is 6.23. The van der Waals surface area contributed by atoms with E-state index in [1.165, 1.54) is 12.1 Å². The minimum Gasteiger partial charge on any atom is -0.207 e. The Bertz CT molecular complexity index is 943. The predicted octanol–water partition coefficient (Wildman–Crippen LogP) is 6.04. The number of benzene rings is 3. The molecule has 0 aliphatic carbocycles. The molecule has 0 aliphatic rings. The third-order valence-corrected chi connectivity index (χ3v) is 4.14. The summed E-state index contributed by atoms with van der Waals surface area (Å²) in [6.45, 7) is 2.08. The van der Waals surface area contributed by atoms with Gasteiger partial charge < -0.3 is 0 Å².